The highest BCUT2D eigenvalue weighted by Gasteiger charge is 2.21. The van der Waals surface area contributed by atoms with Crippen molar-refractivity contribution >= 4 is 23.4 Å². The molecular formula is C21H24N4O2S. The molecule has 0 saturated carbocycles. The Bertz CT molecular complexity index is 980. The Labute approximate surface area is 169 Å². The molecule has 0 bridgehead atoms. The van der Waals surface area contributed by atoms with Crippen molar-refractivity contribution in [3.05, 3.63) is 53.6 Å². The van der Waals surface area contributed by atoms with E-state index in [1.54, 1.807) is 7.11 Å². The third-order valence-electron chi connectivity index (χ3n) is 4.56. The molecule has 3 rings (SSSR count). The van der Waals surface area contributed by atoms with Crippen molar-refractivity contribution in [3.8, 4) is 17.1 Å². The van der Waals surface area contributed by atoms with Gasteiger partial charge in [-0.2, -0.15) is 0 Å². The van der Waals surface area contributed by atoms with Crippen LogP contribution in [0.4, 0.5) is 5.69 Å². The average molecular weight is 397 g/mol. The van der Waals surface area contributed by atoms with Gasteiger partial charge >= 0.3 is 0 Å². The quantitative estimate of drug-likeness (QED) is 0.632. The molecule has 2 aromatic carbocycles. The van der Waals surface area contributed by atoms with Crippen molar-refractivity contribution in [3.63, 3.8) is 0 Å². The van der Waals surface area contributed by atoms with Gasteiger partial charge in [-0.05, 0) is 44.0 Å². The number of hydrogen-bond donors (Lipinski definition) is 1. The van der Waals surface area contributed by atoms with Crippen molar-refractivity contribution < 1.29 is 9.53 Å². The van der Waals surface area contributed by atoms with Crippen LogP contribution in [0, 0.1) is 13.8 Å². The summed E-state index contributed by atoms with van der Waals surface area (Å²) in [5, 5.41) is 12.0. The van der Waals surface area contributed by atoms with Gasteiger partial charge in [-0.25, -0.2) is 0 Å². The first-order chi connectivity index (χ1) is 13.4. The Morgan fingerprint density at radius 3 is 2.46 bits per heavy atom. The molecule has 1 aromatic heterocycles. The molecule has 28 heavy (non-hydrogen) atoms. The lowest BCUT2D eigenvalue weighted by atomic mass is 10.1. The molecule has 1 N–H and O–H groups in total. The van der Waals surface area contributed by atoms with E-state index in [4.69, 9.17) is 4.74 Å². The van der Waals surface area contributed by atoms with Crippen LogP contribution >= 0.6 is 11.8 Å². The average Bonchev–Trinajstić information content (AvgIpc) is 3.04. The van der Waals surface area contributed by atoms with Crippen LogP contribution in [0.2, 0.25) is 0 Å². The number of benzene rings is 2. The number of aromatic nitrogens is 3. The standard InChI is InChI=1S/C21H24N4O2S/c1-13-9-8-10-14(2)18(13)22-20(26)15(3)28-21-24-23-19(25(21)4)16-11-6-7-12-17(16)27-5/h6-12,15H,1-5H3,(H,22,26)/t15-/m1/s1. The number of hydrogen-bond acceptors (Lipinski definition) is 5. The van der Waals surface area contributed by atoms with Crippen molar-refractivity contribution in [2.24, 2.45) is 7.05 Å². The van der Waals surface area contributed by atoms with Crippen molar-refractivity contribution in [1.29, 1.82) is 0 Å². The fourth-order valence-electron chi connectivity index (χ4n) is 2.93. The number of para-hydroxylation sites is 2. The summed E-state index contributed by atoms with van der Waals surface area (Å²) in [4.78, 5) is 12.7. The lowest BCUT2D eigenvalue weighted by molar-refractivity contribution is -0.115. The number of aryl methyl sites for hydroxylation is 2. The second-order valence-corrected chi connectivity index (χ2v) is 7.89. The van der Waals surface area contributed by atoms with E-state index in [1.807, 2.05) is 74.9 Å². The second kappa shape index (κ2) is 8.48. The molecule has 1 amide bonds. The summed E-state index contributed by atoms with van der Waals surface area (Å²) < 4.78 is 7.30. The van der Waals surface area contributed by atoms with Gasteiger partial charge in [0, 0.05) is 12.7 Å². The largest absolute Gasteiger partial charge is 0.496 e. The Morgan fingerprint density at radius 1 is 1.11 bits per heavy atom. The fraction of sp³-hybridized carbons (Fsp3) is 0.286. The van der Waals surface area contributed by atoms with Gasteiger partial charge in [-0.15, -0.1) is 10.2 Å². The molecule has 0 fully saturated rings. The molecule has 0 unspecified atom stereocenters. The predicted molar refractivity (Wildman–Crippen MR) is 113 cm³/mol. The summed E-state index contributed by atoms with van der Waals surface area (Å²) in [5.74, 6) is 1.36. The van der Waals surface area contributed by atoms with Crippen LogP contribution in [0.1, 0.15) is 18.1 Å². The van der Waals surface area contributed by atoms with Crippen LogP contribution in [-0.2, 0) is 11.8 Å². The number of nitrogens with zero attached hydrogens (tertiary/aromatic N) is 3. The molecule has 6 nitrogen and oxygen atoms in total. The summed E-state index contributed by atoms with van der Waals surface area (Å²) >= 11 is 1.37. The summed E-state index contributed by atoms with van der Waals surface area (Å²) in [7, 11) is 3.52. The van der Waals surface area contributed by atoms with Crippen LogP contribution in [0.25, 0.3) is 11.4 Å². The van der Waals surface area contributed by atoms with E-state index in [2.05, 4.69) is 15.5 Å². The predicted octanol–water partition coefficient (Wildman–Crippen LogP) is 4.23. The van der Waals surface area contributed by atoms with Gasteiger partial charge in [-0.1, -0.05) is 42.1 Å². The first-order valence-electron chi connectivity index (χ1n) is 8.99. The number of rotatable bonds is 6. The lowest BCUT2D eigenvalue weighted by Crippen LogP contribution is -2.23. The van der Waals surface area contributed by atoms with E-state index in [1.165, 1.54) is 11.8 Å². The molecule has 3 aromatic rings. The Balaban J connectivity index is 1.77. The van der Waals surface area contributed by atoms with Crippen molar-refractivity contribution in [2.75, 3.05) is 12.4 Å². The number of amides is 1. The van der Waals surface area contributed by atoms with Crippen LogP contribution in [0.5, 0.6) is 5.75 Å². The number of carbonyl (C=O) groups excluding carboxylic acids is 1. The van der Waals surface area contributed by atoms with E-state index < -0.39 is 0 Å². The summed E-state index contributed by atoms with van der Waals surface area (Å²) in [5.41, 5.74) is 3.82. The van der Waals surface area contributed by atoms with Crippen molar-refractivity contribution in [2.45, 2.75) is 31.2 Å². The van der Waals surface area contributed by atoms with E-state index in [-0.39, 0.29) is 11.2 Å². The summed E-state index contributed by atoms with van der Waals surface area (Å²) in [6.07, 6.45) is 0. The van der Waals surface area contributed by atoms with Crippen molar-refractivity contribution in [1.82, 2.24) is 14.8 Å². The number of thioether (sulfide) groups is 1. The van der Waals surface area contributed by atoms with E-state index >= 15 is 0 Å². The van der Waals surface area contributed by atoms with Gasteiger partial charge in [0.25, 0.3) is 0 Å². The first-order valence-corrected chi connectivity index (χ1v) is 9.87. The van der Waals surface area contributed by atoms with Gasteiger partial charge in [0.15, 0.2) is 11.0 Å². The van der Waals surface area contributed by atoms with Crippen LogP contribution in [0.15, 0.2) is 47.6 Å². The van der Waals surface area contributed by atoms with Crippen LogP contribution in [0.3, 0.4) is 0 Å². The topological polar surface area (TPSA) is 69.0 Å². The minimum absolute atomic E-state index is 0.0655. The fourth-order valence-corrected chi connectivity index (χ4v) is 3.74. The molecule has 0 aliphatic heterocycles. The third-order valence-corrected chi connectivity index (χ3v) is 5.70. The summed E-state index contributed by atoms with van der Waals surface area (Å²) in [6.45, 7) is 5.84. The van der Waals surface area contributed by atoms with E-state index in [9.17, 15) is 4.79 Å². The highest BCUT2D eigenvalue weighted by molar-refractivity contribution is 8.00. The SMILES string of the molecule is COc1ccccc1-c1nnc(S[C@H](C)C(=O)Nc2c(C)cccc2C)n1C. The third kappa shape index (κ3) is 4.04. The first kappa shape index (κ1) is 19.9. The molecule has 1 atom stereocenters. The van der Waals surface area contributed by atoms with E-state index in [0.29, 0.717) is 11.0 Å². The van der Waals surface area contributed by atoms with Crippen LogP contribution < -0.4 is 10.1 Å². The number of carbonyl (C=O) groups is 1. The Morgan fingerprint density at radius 2 is 1.79 bits per heavy atom. The molecule has 1 heterocycles. The zero-order chi connectivity index (χ0) is 20.3. The molecule has 0 aliphatic carbocycles. The highest BCUT2D eigenvalue weighted by Crippen LogP contribution is 2.31. The molecule has 0 saturated heterocycles. The minimum atomic E-state index is -0.326. The van der Waals surface area contributed by atoms with E-state index in [0.717, 1.165) is 28.1 Å². The van der Waals surface area contributed by atoms with Gasteiger partial charge in [0.2, 0.25) is 5.91 Å². The van der Waals surface area contributed by atoms with Crippen LogP contribution in [-0.4, -0.2) is 33.0 Å². The number of ether oxygens (including phenoxy) is 1. The zero-order valence-electron chi connectivity index (χ0n) is 16.7. The van der Waals surface area contributed by atoms with Gasteiger partial charge in [0.05, 0.1) is 17.9 Å². The molecule has 146 valence electrons. The number of methoxy groups -OCH3 is 1. The second-order valence-electron chi connectivity index (χ2n) is 6.58. The highest BCUT2D eigenvalue weighted by atomic mass is 32.2. The van der Waals surface area contributed by atoms with Gasteiger partial charge in [-0.3, -0.25) is 4.79 Å². The monoisotopic (exact) mass is 396 g/mol. The smallest absolute Gasteiger partial charge is 0.237 e. The molecule has 0 spiro atoms. The zero-order valence-corrected chi connectivity index (χ0v) is 17.5. The molecule has 0 radical (unpaired) electrons. The number of anilines is 1. The Hall–Kier alpha value is -2.80. The maximum atomic E-state index is 12.7. The maximum Gasteiger partial charge on any atom is 0.237 e. The maximum absolute atomic E-state index is 12.7. The molecular weight excluding hydrogens is 372 g/mol. The molecule has 7 heteroatoms. The number of nitrogens with one attached hydrogen (secondary N) is 1. The lowest BCUT2D eigenvalue weighted by Gasteiger charge is -2.15. The summed E-state index contributed by atoms with van der Waals surface area (Å²) in [6, 6.07) is 13.6. The minimum Gasteiger partial charge on any atom is -0.496 e. The Kier molecular flexibility index (Phi) is 6.04. The normalized spacial score (nSPS) is 11.9. The van der Waals surface area contributed by atoms with Gasteiger partial charge < -0.3 is 14.6 Å². The van der Waals surface area contributed by atoms with Gasteiger partial charge in [0.1, 0.15) is 5.75 Å². The molecule has 0 aliphatic rings.